The Hall–Kier alpha value is -2.40. The van der Waals surface area contributed by atoms with Crippen LogP contribution < -0.4 is 4.90 Å². The van der Waals surface area contributed by atoms with E-state index >= 15 is 0 Å². The van der Waals surface area contributed by atoms with Crippen LogP contribution in [0, 0.1) is 0 Å². The summed E-state index contributed by atoms with van der Waals surface area (Å²) < 4.78 is 5.85. The number of aliphatic hydroxyl groups is 1. The highest BCUT2D eigenvalue weighted by Gasteiger charge is 2.25. The van der Waals surface area contributed by atoms with Crippen LogP contribution in [0.1, 0.15) is 12.8 Å². The van der Waals surface area contributed by atoms with Crippen molar-refractivity contribution in [1.82, 2.24) is 9.97 Å². The van der Waals surface area contributed by atoms with Crippen LogP contribution in [-0.2, 0) is 0 Å². The van der Waals surface area contributed by atoms with Gasteiger partial charge in [-0.1, -0.05) is 18.2 Å². The number of fused-ring (bicyclic) bond motifs is 1. The van der Waals surface area contributed by atoms with Crippen LogP contribution in [0.2, 0.25) is 0 Å². The van der Waals surface area contributed by atoms with Gasteiger partial charge < -0.3 is 14.4 Å². The van der Waals surface area contributed by atoms with Crippen LogP contribution in [0.4, 0.5) is 5.82 Å². The molecule has 3 heterocycles. The molecule has 5 nitrogen and oxygen atoms in total. The number of aromatic nitrogens is 2. The number of hydrogen-bond donors (Lipinski definition) is 1. The fourth-order valence-corrected chi connectivity index (χ4v) is 3.05. The lowest BCUT2D eigenvalue weighted by Crippen LogP contribution is -2.32. The number of benzene rings is 1. The van der Waals surface area contributed by atoms with Gasteiger partial charge in [0.05, 0.1) is 25.0 Å². The van der Waals surface area contributed by atoms with Crippen molar-refractivity contribution in [2.45, 2.75) is 18.9 Å². The molecule has 2 aromatic heterocycles. The Bertz CT molecular complexity index is 766. The summed E-state index contributed by atoms with van der Waals surface area (Å²) in [5, 5.41) is 10.5. The normalized spacial score (nSPS) is 18.2. The van der Waals surface area contributed by atoms with Gasteiger partial charge >= 0.3 is 0 Å². The Morgan fingerprint density at radius 1 is 1.27 bits per heavy atom. The van der Waals surface area contributed by atoms with Gasteiger partial charge in [0.15, 0.2) is 5.76 Å². The van der Waals surface area contributed by atoms with E-state index in [2.05, 4.69) is 14.9 Å². The van der Waals surface area contributed by atoms with Crippen molar-refractivity contribution < 1.29 is 9.52 Å². The molecule has 0 saturated carbocycles. The van der Waals surface area contributed by atoms with Gasteiger partial charge in [-0.05, 0) is 25.0 Å². The predicted octanol–water partition coefficient (Wildman–Crippen LogP) is 2.85. The maximum atomic E-state index is 9.47. The second-order valence-electron chi connectivity index (χ2n) is 5.58. The van der Waals surface area contributed by atoms with Crippen molar-refractivity contribution in [2.24, 2.45) is 0 Å². The largest absolute Gasteiger partial charge is 0.454 e. The van der Waals surface area contributed by atoms with Crippen LogP contribution in [0.15, 0.2) is 47.1 Å². The Balaban J connectivity index is 1.72. The minimum absolute atomic E-state index is 0.139. The molecule has 0 aliphatic carbocycles. The molecular formula is C17H17N3O2. The molecule has 5 heteroatoms. The molecule has 1 saturated heterocycles. The van der Waals surface area contributed by atoms with E-state index in [0.717, 1.165) is 47.6 Å². The van der Waals surface area contributed by atoms with Crippen LogP contribution in [0.5, 0.6) is 0 Å². The van der Waals surface area contributed by atoms with Gasteiger partial charge in [0.1, 0.15) is 17.1 Å². The third-order valence-corrected chi connectivity index (χ3v) is 4.18. The molecule has 1 N–H and O–H groups in total. The van der Waals surface area contributed by atoms with E-state index < -0.39 is 0 Å². The smallest absolute Gasteiger partial charge is 0.155 e. The number of para-hydroxylation sites is 1. The predicted molar refractivity (Wildman–Crippen MR) is 84.7 cm³/mol. The SMILES string of the molecule is OCC1CCCN1c1cncc(-c2cc3ccccc3o2)n1. The van der Waals surface area contributed by atoms with Crippen molar-refractivity contribution in [3.8, 4) is 11.5 Å². The quantitative estimate of drug-likeness (QED) is 0.805. The zero-order valence-corrected chi connectivity index (χ0v) is 12.1. The summed E-state index contributed by atoms with van der Waals surface area (Å²) in [6.45, 7) is 1.06. The van der Waals surface area contributed by atoms with E-state index in [0.29, 0.717) is 0 Å². The van der Waals surface area contributed by atoms with Crippen LogP contribution in [0.3, 0.4) is 0 Å². The minimum Gasteiger partial charge on any atom is -0.454 e. The number of anilines is 1. The summed E-state index contributed by atoms with van der Waals surface area (Å²) in [7, 11) is 0. The van der Waals surface area contributed by atoms with Gasteiger partial charge in [0.2, 0.25) is 0 Å². The molecule has 0 spiro atoms. The maximum absolute atomic E-state index is 9.47. The van der Waals surface area contributed by atoms with Crippen molar-refractivity contribution in [1.29, 1.82) is 0 Å². The standard InChI is InChI=1S/C17H17N3O2/c21-11-13-5-3-7-20(13)17-10-18-9-14(19-17)16-8-12-4-1-2-6-15(12)22-16/h1-2,4,6,8-10,13,21H,3,5,7,11H2. The van der Waals surface area contributed by atoms with Crippen LogP contribution in [0.25, 0.3) is 22.4 Å². The molecule has 3 aromatic rings. The average molecular weight is 295 g/mol. The molecule has 1 aliphatic heterocycles. The molecule has 0 radical (unpaired) electrons. The maximum Gasteiger partial charge on any atom is 0.155 e. The third-order valence-electron chi connectivity index (χ3n) is 4.18. The average Bonchev–Trinajstić information content (AvgIpc) is 3.21. The second-order valence-corrected chi connectivity index (χ2v) is 5.58. The van der Waals surface area contributed by atoms with Gasteiger partial charge in [0, 0.05) is 11.9 Å². The highest BCUT2D eigenvalue weighted by Crippen LogP contribution is 2.29. The lowest BCUT2D eigenvalue weighted by Gasteiger charge is -2.23. The zero-order chi connectivity index (χ0) is 14.9. The van der Waals surface area contributed by atoms with Crippen LogP contribution in [-0.4, -0.2) is 34.3 Å². The number of aliphatic hydroxyl groups excluding tert-OH is 1. The van der Waals surface area contributed by atoms with E-state index in [4.69, 9.17) is 4.42 Å². The summed E-state index contributed by atoms with van der Waals surface area (Å²) in [5.41, 5.74) is 1.57. The Kier molecular flexibility index (Phi) is 3.27. The Labute approximate surface area is 128 Å². The summed E-state index contributed by atoms with van der Waals surface area (Å²) >= 11 is 0. The first-order chi connectivity index (χ1) is 10.8. The minimum atomic E-state index is 0.139. The first kappa shape index (κ1) is 13.3. The Morgan fingerprint density at radius 3 is 3.05 bits per heavy atom. The molecule has 1 unspecified atom stereocenters. The van der Waals surface area contributed by atoms with Crippen molar-refractivity contribution in [3.05, 3.63) is 42.7 Å². The van der Waals surface area contributed by atoms with Gasteiger partial charge in [0.25, 0.3) is 0 Å². The van der Waals surface area contributed by atoms with E-state index in [-0.39, 0.29) is 12.6 Å². The topological polar surface area (TPSA) is 62.4 Å². The van der Waals surface area contributed by atoms with E-state index in [1.54, 1.807) is 12.4 Å². The molecule has 1 aromatic carbocycles. The van der Waals surface area contributed by atoms with Gasteiger partial charge in [-0.3, -0.25) is 4.98 Å². The highest BCUT2D eigenvalue weighted by molar-refractivity contribution is 5.82. The molecule has 1 aliphatic rings. The van der Waals surface area contributed by atoms with E-state index in [1.807, 2.05) is 30.3 Å². The molecule has 22 heavy (non-hydrogen) atoms. The van der Waals surface area contributed by atoms with Crippen LogP contribution >= 0.6 is 0 Å². The van der Waals surface area contributed by atoms with Crippen molar-refractivity contribution >= 4 is 16.8 Å². The molecule has 1 fully saturated rings. The second kappa shape index (κ2) is 5.42. The first-order valence-corrected chi connectivity index (χ1v) is 7.53. The van der Waals surface area contributed by atoms with Gasteiger partial charge in [-0.2, -0.15) is 0 Å². The van der Waals surface area contributed by atoms with E-state index in [1.165, 1.54) is 0 Å². The number of nitrogens with zero attached hydrogens (tertiary/aromatic N) is 3. The lowest BCUT2D eigenvalue weighted by molar-refractivity contribution is 0.266. The summed E-state index contributed by atoms with van der Waals surface area (Å²) in [6, 6.07) is 10.0. The van der Waals surface area contributed by atoms with Crippen molar-refractivity contribution in [2.75, 3.05) is 18.1 Å². The zero-order valence-electron chi connectivity index (χ0n) is 12.1. The summed E-state index contributed by atoms with van der Waals surface area (Å²) in [4.78, 5) is 11.1. The molecule has 4 rings (SSSR count). The highest BCUT2D eigenvalue weighted by atomic mass is 16.3. The third kappa shape index (κ3) is 2.23. The summed E-state index contributed by atoms with van der Waals surface area (Å²) in [5.74, 6) is 1.52. The fourth-order valence-electron chi connectivity index (χ4n) is 3.05. The molecule has 1 atom stereocenters. The monoisotopic (exact) mass is 295 g/mol. The number of hydrogen-bond acceptors (Lipinski definition) is 5. The molecular weight excluding hydrogens is 278 g/mol. The Morgan fingerprint density at radius 2 is 2.18 bits per heavy atom. The molecule has 0 bridgehead atoms. The fraction of sp³-hybridized carbons (Fsp3) is 0.294. The lowest BCUT2D eigenvalue weighted by atomic mass is 10.2. The van der Waals surface area contributed by atoms with Gasteiger partial charge in [-0.15, -0.1) is 0 Å². The number of furan rings is 1. The first-order valence-electron chi connectivity index (χ1n) is 7.53. The number of rotatable bonds is 3. The molecule has 112 valence electrons. The van der Waals surface area contributed by atoms with Crippen molar-refractivity contribution in [3.63, 3.8) is 0 Å². The van der Waals surface area contributed by atoms with E-state index in [9.17, 15) is 5.11 Å². The summed E-state index contributed by atoms with van der Waals surface area (Å²) in [6.07, 6.45) is 5.53. The van der Waals surface area contributed by atoms with Gasteiger partial charge in [-0.25, -0.2) is 4.98 Å². The molecule has 0 amide bonds.